The Bertz CT molecular complexity index is 442. The minimum atomic E-state index is -0.883. The van der Waals surface area contributed by atoms with Gasteiger partial charge in [0, 0.05) is 7.05 Å². The number of rotatable bonds is 5. The molecule has 0 heterocycles. The lowest BCUT2D eigenvalue weighted by atomic mass is 10.1. The standard InChI is InChI=1S/C15H26N2O5/c1-14(2,3)21-12(19)11(8-9-16-10-18)17(7)13(20)22-15(4,5)6/h11H,8-9H2,1-7H3/t11-/m0/s1. The van der Waals surface area contributed by atoms with Crippen molar-refractivity contribution in [3.05, 3.63) is 0 Å². The van der Waals surface area contributed by atoms with Gasteiger partial charge in [0.05, 0.1) is 6.54 Å². The summed E-state index contributed by atoms with van der Waals surface area (Å²) >= 11 is 0. The van der Waals surface area contributed by atoms with Crippen LogP contribution in [0.3, 0.4) is 0 Å². The normalized spacial score (nSPS) is 12.9. The van der Waals surface area contributed by atoms with Gasteiger partial charge in [-0.05, 0) is 48.0 Å². The molecule has 0 aliphatic carbocycles. The van der Waals surface area contributed by atoms with Gasteiger partial charge < -0.3 is 9.47 Å². The number of aliphatic imine (C=N–C) groups is 1. The zero-order valence-electron chi connectivity index (χ0n) is 14.4. The van der Waals surface area contributed by atoms with Crippen LogP contribution in [0.15, 0.2) is 4.99 Å². The predicted molar refractivity (Wildman–Crippen MR) is 81.2 cm³/mol. The fourth-order valence-electron chi connectivity index (χ4n) is 1.53. The van der Waals surface area contributed by atoms with E-state index in [0.29, 0.717) is 0 Å². The van der Waals surface area contributed by atoms with Crippen molar-refractivity contribution in [2.75, 3.05) is 13.6 Å². The number of carbonyl (C=O) groups excluding carboxylic acids is 3. The van der Waals surface area contributed by atoms with Crippen molar-refractivity contribution >= 4 is 18.1 Å². The van der Waals surface area contributed by atoms with Crippen LogP contribution < -0.4 is 0 Å². The van der Waals surface area contributed by atoms with Crippen molar-refractivity contribution in [2.45, 2.75) is 65.2 Å². The lowest BCUT2D eigenvalue weighted by Gasteiger charge is -2.31. The molecule has 0 aromatic rings. The lowest BCUT2D eigenvalue weighted by molar-refractivity contribution is -0.160. The van der Waals surface area contributed by atoms with Gasteiger partial charge in [-0.1, -0.05) is 0 Å². The van der Waals surface area contributed by atoms with Crippen LogP contribution in [0.4, 0.5) is 4.79 Å². The van der Waals surface area contributed by atoms with Crippen molar-refractivity contribution in [3.8, 4) is 0 Å². The van der Waals surface area contributed by atoms with Gasteiger partial charge in [0.25, 0.3) is 0 Å². The molecule has 7 heteroatoms. The van der Waals surface area contributed by atoms with Crippen LogP contribution in [0, 0.1) is 0 Å². The minimum absolute atomic E-state index is 0.0700. The maximum atomic E-state index is 12.3. The Kier molecular flexibility index (Phi) is 7.26. The monoisotopic (exact) mass is 314 g/mol. The van der Waals surface area contributed by atoms with E-state index in [1.165, 1.54) is 18.0 Å². The molecule has 126 valence electrons. The Morgan fingerprint density at radius 3 is 2.00 bits per heavy atom. The molecule has 0 bridgehead atoms. The summed E-state index contributed by atoms with van der Waals surface area (Å²) < 4.78 is 10.5. The van der Waals surface area contributed by atoms with Crippen LogP contribution in [0.2, 0.25) is 0 Å². The van der Waals surface area contributed by atoms with E-state index in [9.17, 15) is 14.4 Å². The highest BCUT2D eigenvalue weighted by molar-refractivity contribution is 5.81. The van der Waals surface area contributed by atoms with Crippen molar-refractivity contribution < 1.29 is 23.9 Å². The summed E-state index contributed by atoms with van der Waals surface area (Å²) in [7, 11) is 1.45. The molecule has 22 heavy (non-hydrogen) atoms. The smallest absolute Gasteiger partial charge is 0.410 e. The molecule has 1 atom stereocenters. The molecule has 0 unspecified atom stereocenters. The zero-order chi connectivity index (χ0) is 17.6. The summed E-state index contributed by atoms with van der Waals surface area (Å²) in [5, 5.41) is 0. The van der Waals surface area contributed by atoms with E-state index >= 15 is 0 Å². The number of likely N-dealkylation sites (N-methyl/N-ethyl adjacent to an activating group) is 1. The molecule has 0 aromatic heterocycles. The third-order valence-corrected chi connectivity index (χ3v) is 2.41. The molecule has 0 aliphatic rings. The number of amides is 1. The Morgan fingerprint density at radius 1 is 1.09 bits per heavy atom. The molecule has 7 nitrogen and oxygen atoms in total. The molecule has 0 N–H and O–H groups in total. The first-order valence-electron chi connectivity index (χ1n) is 7.09. The molecular formula is C15H26N2O5. The van der Waals surface area contributed by atoms with Gasteiger partial charge in [-0.25, -0.2) is 19.4 Å². The fraction of sp³-hybridized carbons (Fsp3) is 0.800. The average Bonchev–Trinajstić information content (AvgIpc) is 2.29. The summed E-state index contributed by atoms with van der Waals surface area (Å²) in [5.41, 5.74) is -1.36. The SMILES string of the molecule is CN(C(=O)OC(C)(C)C)[C@@H](CCN=C=O)C(=O)OC(C)(C)C. The summed E-state index contributed by atoms with van der Waals surface area (Å²) in [6.45, 7) is 10.5. The first-order valence-corrected chi connectivity index (χ1v) is 7.09. The number of esters is 1. The quantitative estimate of drug-likeness (QED) is 0.441. The van der Waals surface area contributed by atoms with Crippen molar-refractivity contribution in [1.82, 2.24) is 4.90 Å². The van der Waals surface area contributed by atoms with Gasteiger partial charge in [0.1, 0.15) is 17.2 Å². The van der Waals surface area contributed by atoms with Gasteiger partial charge in [0.2, 0.25) is 6.08 Å². The molecule has 0 aromatic carbocycles. The van der Waals surface area contributed by atoms with Crippen molar-refractivity contribution in [1.29, 1.82) is 0 Å². The second kappa shape index (κ2) is 7.94. The largest absolute Gasteiger partial charge is 0.458 e. The number of isocyanates is 1. The summed E-state index contributed by atoms with van der Waals surface area (Å²) in [6, 6.07) is -0.883. The molecule has 0 aliphatic heterocycles. The molecular weight excluding hydrogens is 288 g/mol. The highest BCUT2D eigenvalue weighted by Gasteiger charge is 2.33. The summed E-state index contributed by atoms with van der Waals surface area (Å²) in [6.07, 6.45) is 0.917. The fourth-order valence-corrected chi connectivity index (χ4v) is 1.53. The number of hydrogen-bond acceptors (Lipinski definition) is 6. The zero-order valence-corrected chi connectivity index (χ0v) is 14.4. The minimum Gasteiger partial charge on any atom is -0.458 e. The number of carbonyl (C=O) groups is 2. The lowest BCUT2D eigenvalue weighted by Crippen LogP contribution is -2.47. The Morgan fingerprint density at radius 2 is 1.59 bits per heavy atom. The predicted octanol–water partition coefficient (Wildman–Crippen LogP) is 2.29. The van der Waals surface area contributed by atoms with Gasteiger partial charge in [-0.3, -0.25) is 4.90 Å². The van der Waals surface area contributed by atoms with E-state index in [1.54, 1.807) is 41.5 Å². The van der Waals surface area contributed by atoms with Crippen LogP contribution in [-0.2, 0) is 19.1 Å². The number of nitrogens with zero attached hydrogens (tertiary/aromatic N) is 2. The van der Waals surface area contributed by atoms with Crippen LogP contribution in [0.5, 0.6) is 0 Å². The maximum Gasteiger partial charge on any atom is 0.410 e. The highest BCUT2D eigenvalue weighted by Crippen LogP contribution is 2.16. The second-order valence-electron chi connectivity index (χ2n) is 6.90. The molecule has 0 spiro atoms. The van der Waals surface area contributed by atoms with Gasteiger partial charge in [-0.2, -0.15) is 0 Å². The molecule has 0 saturated heterocycles. The van der Waals surface area contributed by atoms with Gasteiger partial charge >= 0.3 is 12.1 Å². The van der Waals surface area contributed by atoms with Crippen molar-refractivity contribution in [2.24, 2.45) is 4.99 Å². The molecule has 0 radical (unpaired) electrons. The molecule has 1 amide bonds. The van der Waals surface area contributed by atoms with Crippen LogP contribution in [0.25, 0.3) is 0 Å². The van der Waals surface area contributed by atoms with Crippen molar-refractivity contribution in [3.63, 3.8) is 0 Å². The highest BCUT2D eigenvalue weighted by atomic mass is 16.6. The Balaban J connectivity index is 5.08. The van der Waals surface area contributed by atoms with E-state index in [2.05, 4.69) is 4.99 Å². The third kappa shape index (κ3) is 8.42. The maximum absolute atomic E-state index is 12.3. The first-order chi connectivity index (χ1) is 9.87. The van der Waals surface area contributed by atoms with E-state index in [-0.39, 0.29) is 13.0 Å². The average molecular weight is 314 g/mol. The topological polar surface area (TPSA) is 85.3 Å². The van der Waals surface area contributed by atoms with E-state index in [0.717, 1.165) is 0 Å². The third-order valence-electron chi connectivity index (χ3n) is 2.41. The Labute approximate surface area is 131 Å². The van der Waals surface area contributed by atoms with Crippen LogP contribution >= 0.6 is 0 Å². The van der Waals surface area contributed by atoms with E-state index < -0.39 is 29.3 Å². The molecule has 0 fully saturated rings. The molecule has 0 saturated carbocycles. The van der Waals surface area contributed by atoms with E-state index in [4.69, 9.17) is 9.47 Å². The Hall–Kier alpha value is -1.88. The van der Waals surface area contributed by atoms with Gasteiger partial charge in [-0.15, -0.1) is 0 Å². The first kappa shape index (κ1) is 20.1. The second-order valence-corrected chi connectivity index (χ2v) is 6.90. The summed E-state index contributed by atoms with van der Waals surface area (Å²) in [5.74, 6) is -0.568. The van der Waals surface area contributed by atoms with E-state index in [1.807, 2.05) is 0 Å². The van der Waals surface area contributed by atoms with Gasteiger partial charge in [0.15, 0.2) is 0 Å². The number of hydrogen-bond donors (Lipinski definition) is 0. The van der Waals surface area contributed by atoms with Crippen LogP contribution in [0.1, 0.15) is 48.0 Å². The summed E-state index contributed by atoms with van der Waals surface area (Å²) in [4.78, 5) is 39.1. The molecule has 0 rings (SSSR count). The van der Waals surface area contributed by atoms with Crippen LogP contribution in [-0.4, -0.2) is 53.9 Å². The number of ether oxygens (including phenoxy) is 2.